The lowest BCUT2D eigenvalue weighted by Crippen LogP contribution is -2.51. The van der Waals surface area contributed by atoms with Gasteiger partial charge in [-0.15, -0.1) is 0 Å². The molecule has 2 saturated heterocycles. The second-order valence-corrected chi connectivity index (χ2v) is 7.08. The molecule has 2 aliphatic heterocycles. The summed E-state index contributed by atoms with van der Waals surface area (Å²) in [6, 6.07) is 6.20. The fourth-order valence-electron chi connectivity index (χ4n) is 3.87. The Balaban J connectivity index is 1.70. The average Bonchev–Trinajstić information content (AvgIpc) is 2.70. The molecule has 0 bridgehead atoms. The zero-order chi connectivity index (χ0) is 16.3. The highest BCUT2D eigenvalue weighted by molar-refractivity contribution is 5.73. The third-order valence-corrected chi connectivity index (χ3v) is 4.96. The molecule has 3 rings (SSSR count). The van der Waals surface area contributed by atoms with E-state index in [-0.39, 0.29) is 11.3 Å². The Morgan fingerprint density at radius 1 is 1.35 bits per heavy atom. The molecule has 1 aromatic rings. The average molecular weight is 317 g/mol. The summed E-state index contributed by atoms with van der Waals surface area (Å²) in [6.45, 7) is 9.60. The van der Waals surface area contributed by atoms with E-state index in [1.165, 1.54) is 0 Å². The van der Waals surface area contributed by atoms with Crippen molar-refractivity contribution >= 4 is 5.91 Å². The molecule has 0 radical (unpaired) electrons. The molecule has 1 amide bonds. The highest BCUT2D eigenvalue weighted by Crippen LogP contribution is 2.33. The van der Waals surface area contributed by atoms with Gasteiger partial charge < -0.3 is 9.64 Å². The quantitative estimate of drug-likeness (QED) is 0.835. The molecular weight excluding hydrogens is 290 g/mol. The largest absolute Gasteiger partial charge is 0.379 e. The van der Waals surface area contributed by atoms with Crippen molar-refractivity contribution in [2.75, 3.05) is 39.4 Å². The molecule has 1 spiro atoms. The summed E-state index contributed by atoms with van der Waals surface area (Å²) in [5.41, 5.74) is 2.26. The molecule has 1 unspecified atom stereocenters. The number of amides is 1. The van der Waals surface area contributed by atoms with Crippen molar-refractivity contribution in [1.29, 1.82) is 0 Å². The van der Waals surface area contributed by atoms with Crippen molar-refractivity contribution in [3.8, 4) is 0 Å². The van der Waals surface area contributed by atoms with Crippen molar-refractivity contribution in [1.82, 2.24) is 14.8 Å². The van der Waals surface area contributed by atoms with Crippen LogP contribution in [0.3, 0.4) is 0 Å². The second-order valence-electron chi connectivity index (χ2n) is 7.08. The maximum absolute atomic E-state index is 11.8. The number of piperidine rings is 1. The topological polar surface area (TPSA) is 45.7 Å². The van der Waals surface area contributed by atoms with Crippen LogP contribution in [0.4, 0.5) is 0 Å². The van der Waals surface area contributed by atoms with Gasteiger partial charge in [-0.05, 0) is 38.4 Å². The van der Waals surface area contributed by atoms with Crippen molar-refractivity contribution in [2.24, 2.45) is 5.41 Å². The first-order valence-corrected chi connectivity index (χ1v) is 8.55. The molecule has 5 nitrogen and oxygen atoms in total. The summed E-state index contributed by atoms with van der Waals surface area (Å²) < 4.78 is 5.85. The van der Waals surface area contributed by atoms with Crippen molar-refractivity contribution in [2.45, 2.75) is 33.2 Å². The van der Waals surface area contributed by atoms with Crippen LogP contribution < -0.4 is 0 Å². The molecule has 0 N–H and O–H groups in total. The van der Waals surface area contributed by atoms with Crippen molar-refractivity contribution in [3.05, 3.63) is 29.6 Å². The van der Waals surface area contributed by atoms with Crippen LogP contribution in [-0.2, 0) is 16.1 Å². The molecule has 0 aliphatic carbocycles. The minimum Gasteiger partial charge on any atom is -0.379 e. The number of aromatic nitrogens is 1. The number of rotatable bonds is 2. The molecule has 1 aromatic heterocycles. The first-order chi connectivity index (χ1) is 11.1. The van der Waals surface area contributed by atoms with E-state index in [0.717, 1.165) is 63.6 Å². The van der Waals surface area contributed by atoms with Gasteiger partial charge in [0.05, 0.1) is 18.9 Å². The van der Waals surface area contributed by atoms with Crippen LogP contribution in [0.1, 0.15) is 31.2 Å². The van der Waals surface area contributed by atoms with Crippen LogP contribution >= 0.6 is 0 Å². The first kappa shape index (κ1) is 16.4. The number of nitrogens with zero attached hydrogens (tertiary/aromatic N) is 3. The Morgan fingerprint density at radius 3 is 3.00 bits per heavy atom. The van der Waals surface area contributed by atoms with Crippen LogP contribution in [-0.4, -0.2) is 60.1 Å². The number of ether oxygens (including phenoxy) is 1. The summed E-state index contributed by atoms with van der Waals surface area (Å²) in [4.78, 5) is 20.9. The zero-order valence-electron chi connectivity index (χ0n) is 14.3. The SMILES string of the molecule is CC(=O)N1CCOCC2(CCCN(Cc3cccc(C)n3)C2)C1. The second kappa shape index (κ2) is 6.97. The van der Waals surface area contributed by atoms with Gasteiger partial charge in [0.15, 0.2) is 0 Å². The summed E-state index contributed by atoms with van der Waals surface area (Å²) in [6.07, 6.45) is 2.29. The number of pyridine rings is 1. The number of carbonyl (C=O) groups excluding carboxylic acids is 1. The molecule has 1 atom stereocenters. The molecule has 3 heterocycles. The maximum atomic E-state index is 11.8. The molecule has 5 heteroatoms. The normalized spacial score (nSPS) is 26.3. The minimum absolute atomic E-state index is 0.0737. The maximum Gasteiger partial charge on any atom is 0.219 e. The predicted octanol–water partition coefficient (Wildman–Crippen LogP) is 1.85. The van der Waals surface area contributed by atoms with Crippen LogP contribution in [0.5, 0.6) is 0 Å². The lowest BCUT2D eigenvalue weighted by atomic mass is 9.80. The smallest absolute Gasteiger partial charge is 0.219 e. The third kappa shape index (κ3) is 4.09. The highest BCUT2D eigenvalue weighted by atomic mass is 16.5. The number of hydrogen-bond acceptors (Lipinski definition) is 4. The Bertz CT molecular complexity index is 563. The predicted molar refractivity (Wildman–Crippen MR) is 89.0 cm³/mol. The Morgan fingerprint density at radius 2 is 2.22 bits per heavy atom. The van der Waals surface area contributed by atoms with Gasteiger partial charge in [0, 0.05) is 44.2 Å². The summed E-state index contributed by atoms with van der Waals surface area (Å²) in [7, 11) is 0. The Hall–Kier alpha value is -1.46. The van der Waals surface area contributed by atoms with Gasteiger partial charge in [-0.3, -0.25) is 14.7 Å². The van der Waals surface area contributed by atoms with Gasteiger partial charge in [0.25, 0.3) is 0 Å². The van der Waals surface area contributed by atoms with E-state index in [4.69, 9.17) is 4.74 Å². The lowest BCUT2D eigenvalue weighted by molar-refractivity contribution is -0.130. The molecule has 23 heavy (non-hydrogen) atoms. The molecular formula is C18H27N3O2. The first-order valence-electron chi connectivity index (χ1n) is 8.55. The van der Waals surface area contributed by atoms with Crippen molar-refractivity contribution in [3.63, 3.8) is 0 Å². The van der Waals surface area contributed by atoms with Gasteiger partial charge in [-0.1, -0.05) is 6.07 Å². The van der Waals surface area contributed by atoms with Gasteiger partial charge in [-0.25, -0.2) is 0 Å². The minimum atomic E-state index is 0.0737. The highest BCUT2D eigenvalue weighted by Gasteiger charge is 2.39. The van der Waals surface area contributed by atoms with Gasteiger partial charge >= 0.3 is 0 Å². The fraction of sp³-hybridized carbons (Fsp3) is 0.667. The molecule has 2 fully saturated rings. The van der Waals surface area contributed by atoms with Crippen molar-refractivity contribution < 1.29 is 9.53 Å². The van der Waals surface area contributed by atoms with E-state index < -0.39 is 0 Å². The Kier molecular flexibility index (Phi) is 4.97. The Labute approximate surface area is 138 Å². The zero-order valence-corrected chi connectivity index (χ0v) is 14.3. The van der Waals surface area contributed by atoms with E-state index in [2.05, 4.69) is 22.0 Å². The van der Waals surface area contributed by atoms with Crippen LogP contribution in [0.25, 0.3) is 0 Å². The molecule has 0 saturated carbocycles. The van der Waals surface area contributed by atoms with Gasteiger partial charge in [0.2, 0.25) is 5.91 Å². The monoisotopic (exact) mass is 317 g/mol. The number of hydrogen-bond donors (Lipinski definition) is 0. The van der Waals surface area contributed by atoms with Gasteiger partial charge in [-0.2, -0.15) is 0 Å². The molecule has 126 valence electrons. The standard InChI is InChI=1S/C18H27N3O2/c1-15-5-3-6-17(19-15)11-20-8-4-7-18(12-20)13-21(16(2)22)9-10-23-14-18/h3,5-6H,4,7-14H2,1-2H3. The molecule has 0 aromatic carbocycles. The van der Waals surface area contributed by atoms with Crippen LogP contribution in [0.15, 0.2) is 18.2 Å². The van der Waals surface area contributed by atoms with E-state index in [1.54, 1.807) is 6.92 Å². The molecule has 2 aliphatic rings. The summed E-state index contributed by atoms with van der Waals surface area (Å²) in [5.74, 6) is 0.160. The lowest BCUT2D eigenvalue weighted by Gasteiger charge is -2.43. The number of likely N-dealkylation sites (tertiary alicyclic amines) is 1. The fourth-order valence-corrected chi connectivity index (χ4v) is 3.87. The summed E-state index contributed by atoms with van der Waals surface area (Å²) >= 11 is 0. The number of carbonyl (C=O) groups is 1. The van der Waals surface area contributed by atoms with Crippen LogP contribution in [0, 0.1) is 12.3 Å². The van der Waals surface area contributed by atoms with E-state index in [9.17, 15) is 4.79 Å². The number of aryl methyl sites for hydroxylation is 1. The van der Waals surface area contributed by atoms with E-state index >= 15 is 0 Å². The van der Waals surface area contributed by atoms with Crippen LogP contribution in [0.2, 0.25) is 0 Å². The van der Waals surface area contributed by atoms with E-state index in [1.807, 2.05) is 17.9 Å². The third-order valence-electron chi connectivity index (χ3n) is 4.96. The van der Waals surface area contributed by atoms with Gasteiger partial charge in [0.1, 0.15) is 0 Å². The summed E-state index contributed by atoms with van der Waals surface area (Å²) in [5, 5.41) is 0. The van der Waals surface area contributed by atoms with E-state index in [0.29, 0.717) is 6.61 Å².